The van der Waals surface area contributed by atoms with Gasteiger partial charge in [0.2, 0.25) is 0 Å². The Kier molecular flexibility index (Phi) is 4.70. The van der Waals surface area contributed by atoms with Gasteiger partial charge in [-0.1, -0.05) is 60.7 Å². The number of ether oxygens (including phenoxy) is 2. The Balaban J connectivity index is 1.59. The number of rotatable bonds is 3. The lowest BCUT2D eigenvalue weighted by atomic mass is 9.87. The molecule has 2 aliphatic rings. The van der Waals surface area contributed by atoms with Crippen molar-refractivity contribution < 1.29 is 19.4 Å². The van der Waals surface area contributed by atoms with Crippen molar-refractivity contribution in [2.45, 2.75) is 44.8 Å². The van der Waals surface area contributed by atoms with Crippen LogP contribution >= 0.6 is 0 Å². The first-order valence-electron chi connectivity index (χ1n) is 10.5. The van der Waals surface area contributed by atoms with Gasteiger partial charge in [-0.25, -0.2) is 0 Å². The summed E-state index contributed by atoms with van der Waals surface area (Å²) in [6.45, 7) is 1.48. The molecule has 4 heteroatoms. The topological polar surface area (TPSA) is 55.8 Å². The molecule has 0 aliphatic carbocycles. The molecule has 0 saturated heterocycles. The van der Waals surface area contributed by atoms with Crippen LogP contribution in [0.4, 0.5) is 0 Å². The number of carbonyl (C=O) groups excluding carboxylic acids is 1. The molecule has 4 nitrogen and oxygen atoms in total. The van der Waals surface area contributed by atoms with Gasteiger partial charge in [0.25, 0.3) is 0 Å². The Labute approximate surface area is 176 Å². The molecule has 2 atom stereocenters. The van der Waals surface area contributed by atoms with Crippen LogP contribution in [0.1, 0.15) is 64.6 Å². The summed E-state index contributed by atoms with van der Waals surface area (Å²) in [5.41, 5.74) is 4.10. The van der Waals surface area contributed by atoms with Crippen molar-refractivity contribution in [1.82, 2.24) is 0 Å². The molecule has 0 bridgehead atoms. The highest BCUT2D eigenvalue weighted by atomic mass is 16.5. The normalized spacial score (nSPS) is 19.8. The van der Waals surface area contributed by atoms with Crippen LogP contribution in [0.2, 0.25) is 0 Å². The van der Waals surface area contributed by atoms with Crippen LogP contribution in [0.25, 0.3) is 0 Å². The molecule has 0 aromatic heterocycles. The van der Waals surface area contributed by atoms with Crippen LogP contribution < -0.4 is 9.47 Å². The molecular formula is C26H24O4. The van der Waals surface area contributed by atoms with Gasteiger partial charge in [0, 0.05) is 11.1 Å². The third-order valence-electron chi connectivity index (χ3n) is 6.10. The summed E-state index contributed by atoms with van der Waals surface area (Å²) in [5, 5.41) is 11.0. The number of aromatic hydroxyl groups is 1. The standard InChI is InChI=1S/C26H24O4/c1-16(27)23-24(28)19-12-14-21(17-8-4-2-5-9-17)29-25(19)20-13-15-22(30-26(20)23)18-10-6-3-7-11-18/h2-11,21-22,28H,12-15H2,1H3. The molecule has 0 fully saturated rings. The van der Waals surface area contributed by atoms with Crippen LogP contribution in [0, 0.1) is 0 Å². The number of Topliss-reactive ketones (excluding diaryl/α,β-unsaturated/α-hetero) is 1. The first-order valence-corrected chi connectivity index (χ1v) is 10.5. The molecule has 0 amide bonds. The summed E-state index contributed by atoms with van der Waals surface area (Å²) < 4.78 is 12.8. The fraction of sp³-hybridized carbons (Fsp3) is 0.269. The summed E-state index contributed by atoms with van der Waals surface area (Å²) in [6, 6.07) is 20.1. The average Bonchev–Trinajstić information content (AvgIpc) is 2.79. The minimum Gasteiger partial charge on any atom is -0.507 e. The van der Waals surface area contributed by atoms with Crippen LogP contribution in [0.3, 0.4) is 0 Å². The highest BCUT2D eigenvalue weighted by Crippen LogP contribution is 2.52. The molecule has 3 aromatic rings. The second-order valence-corrected chi connectivity index (χ2v) is 8.01. The fourth-order valence-electron chi connectivity index (χ4n) is 4.62. The monoisotopic (exact) mass is 400 g/mol. The predicted molar refractivity (Wildman–Crippen MR) is 114 cm³/mol. The van der Waals surface area contributed by atoms with E-state index in [1.165, 1.54) is 6.92 Å². The molecule has 2 aliphatic heterocycles. The number of carbonyl (C=O) groups is 1. The lowest BCUT2D eigenvalue weighted by Gasteiger charge is -2.34. The lowest BCUT2D eigenvalue weighted by Crippen LogP contribution is -2.23. The van der Waals surface area contributed by atoms with E-state index in [1.807, 2.05) is 48.5 Å². The summed E-state index contributed by atoms with van der Waals surface area (Å²) in [7, 11) is 0. The van der Waals surface area contributed by atoms with E-state index >= 15 is 0 Å². The van der Waals surface area contributed by atoms with Crippen molar-refractivity contribution in [1.29, 1.82) is 0 Å². The predicted octanol–water partition coefficient (Wildman–Crippen LogP) is 5.73. The number of ketones is 1. The lowest BCUT2D eigenvalue weighted by molar-refractivity contribution is 0.0994. The van der Waals surface area contributed by atoms with Crippen molar-refractivity contribution in [3.05, 3.63) is 88.5 Å². The average molecular weight is 400 g/mol. The van der Waals surface area contributed by atoms with Gasteiger partial charge in [0.05, 0.1) is 0 Å². The van der Waals surface area contributed by atoms with Crippen LogP contribution in [-0.2, 0) is 12.8 Å². The van der Waals surface area contributed by atoms with E-state index in [1.54, 1.807) is 0 Å². The van der Waals surface area contributed by atoms with Crippen LogP contribution in [0.5, 0.6) is 17.2 Å². The van der Waals surface area contributed by atoms with E-state index in [-0.39, 0.29) is 29.3 Å². The molecular weight excluding hydrogens is 376 g/mol. The molecule has 0 spiro atoms. The summed E-state index contributed by atoms with van der Waals surface area (Å²) in [4.78, 5) is 12.5. The number of fused-ring (bicyclic) bond motifs is 3. The largest absolute Gasteiger partial charge is 0.507 e. The number of phenols is 1. The Morgan fingerprint density at radius 2 is 1.30 bits per heavy atom. The quantitative estimate of drug-likeness (QED) is 0.571. The summed E-state index contributed by atoms with van der Waals surface area (Å²) in [6.07, 6.45) is 2.73. The van der Waals surface area contributed by atoms with E-state index in [0.717, 1.165) is 41.5 Å². The minimum absolute atomic E-state index is 0.0106. The van der Waals surface area contributed by atoms with Crippen LogP contribution in [0.15, 0.2) is 60.7 Å². The van der Waals surface area contributed by atoms with Gasteiger partial charge in [-0.3, -0.25) is 4.79 Å². The Hall–Kier alpha value is -3.27. The molecule has 5 rings (SSSR count). The van der Waals surface area contributed by atoms with Crippen molar-refractivity contribution in [2.24, 2.45) is 0 Å². The van der Waals surface area contributed by atoms with Crippen LogP contribution in [-0.4, -0.2) is 10.9 Å². The van der Waals surface area contributed by atoms with Gasteiger partial charge in [-0.15, -0.1) is 0 Å². The molecule has 152 valence electrons. The van der Waals surface area contributed by atoms with Crippen molar-refractivity contribution in [3.63, 3.8) is 0 Å². The zero-order valence-corrected chi connectivity index (χ0v) is 16.9. The molecule has 1 N–H and O–H groups in total. The second kappa shape index (κ2) is 7.52. The van der Waals surface area contributed by atoms with Crippen molar-refractivity contribution >= 4 is 5.78 Å². The minimum atomic E-state index is -0.189. The number of phenolic OH excluding ortho intramolecular Hbond substituents is 1. The highest BCUT2D eigenvalue weighted by Gasteiger charge is 2.36. The maximum atomic E-state index is 12.5. The second-order valence-electron chi connectivity index (χ2n) is 8.01. The first-order chi connectivity index (χ1) is 14.6. The molecule has 0 radical (unpaired) electrons. The van der Waals surface area contributed by atoms with E-state index in [4.69, 9.17) is 9.47 Å². The Bertz CT molecular complexity index is 1090. The zero-order valence-electron chi connectivity index (χ0n) is 16.9. The first kappa shape index (κ1) is 18.7. The fourth-order valence-corrected chi connectivity index (χ4v) is 4.62. The highest BCUT2D eigenvalue weighted by molar-refractivity contribution is 6.01. The van der Waals surface area contributed by atoms with Crippen molar-refractivity contribution in [3.8, 4) is 17.2 Å². The third kappa shape index (κ3) is 3.13. The summed E-state index contributed by atoms with van der Waals surface area (Å²) in [5.74, 6) is 0.994. The van der Waals surface area contributed by atoms with Gasteiger partial charge in [0.15, 0.2) is 5.78 Å². The van der Waals surface area contributed by atoms with Gasteiger partial charge < -0.3 is 14.6 Å². The zero-order chi connectivity index (χ0) is 20.7. The van der Waals surface area contributed by atoms with Gasteiger partial charge in [0.1, 0.15) is 35.0 Å². The maximum Gasteiger partial charge on any atom is 0.167 e. The van der Waals surface area contributed by atoms with Gasteiger partial charge in [-0.05, 0) is 43.7 Å². The molecule has 0 saturated carbocycles. The summed E-state index contributed by atoms with van der Waals surface area (Å²) >= 11 is 0. The van der Waals surface area contributed by atoms with E-state index < -0.39 is 0 Å². The third-order valence-corrected chi connectivity index (χ3v) is 6.10. The number of hydrogen-bond acceptors (Lipinski definition) is 4. The number of benzene rings is 3. The van der Waals surface area contributed by atoms with E-state index in [0.29, 0.717) is 17.9 Å². The smallest absolute Gasteiger partial charge is 0.167 e. The van der Waals surface area contributed by atoms with E-state index in [2.05, 4.69) is 12.1 Å². The Morgan fingerprint density at radius 1 is 0.800 bits per heavy atom. The maximum absolute atomic E-state index is 12.5. The molecule has 2 heterocycles. The molecule has 3 aromatic carbocycles. The van der Waals surface area contributed by atoms with Gasteiger partial charge in [-0.2, -0.15) is 0 Å². The molecule has 2 unspecified atom stereocenters. The van der Waals surface area contributed by atoms with Crippen molar-refractivity contribution in [2.75, 3.05) is 0 Å². The Morgan fingerprint density at radius 3 is 1.83 bits per heavy atom. The van der Waals surface area contributed by atoms with E-state index in [9.17, 15) is 9.90 Å². The molecule has 30 heavy (non-hydrogen) atoms. The SMILES string of the molecule is CC(=O)c1c(O)c2c(c3c1OC(c1ccccc1)CC3)OC(c1ccccc1)CC2. The van der Waals surface area contributed by atoms with Gasteiger partial charge >= 0.3 is 0 Å². The number of hydrogen-bond donors (Lipinski definition) is 1.